The Balaban J connectivity index is 1.59. The highest BCUT2D eigenvalue weighted by Gasteiger charge is 2.34. The van der Waals surface area contributed by atoms with Crippen molar-refractivity contribution in [3.63, 3.8) is 0 Å². The van der Waals surface area contributed by atoms with Gasteiger partial charge in [0.25, 0.3) is 0 Å². The third-order valence-electron chi connectivity index (χ3n) is 4.30. The van der Waals surface area contributed by atoms with E-state index in [1.54, 1.807) is 18.2 Å². The maximum absolute atomic E-state index is 13.4. The molecule has 3 nitrogen and oxygen atoms in total. The summed E-state index contributed by atoms with van der Waals surface area (Å²) in [6, 6.07) is 6.70. The highest BCUT2D eigenvalue weighted by Crippen LogP contribution is 2.27. The monoisotopic (exact) mass is 274 g/mol. The van der Waals surface area contributed by atoms with Gasteiger partial charge in [-0.1, -0.05) is 18.2 Å². The summed E-state index contributed by atoms with van der Waals surface area (Å²) >= 11 is 0. The van der Waals surface area contributed by atoms with Crippen LogP contribution in [0.2, 0.25) is 0 Å². The van der Waals surface area contributed by atoms with Gasteiger partial charge in [0.05, 0.1) is 0 Å². The molecular formula is C16H19FN2O. The molecule has 3 heterocycles. The van der Waals surface area contributed by atoms with Crippen LogP contribution in [0.4, 0.5) is 4.39 Å². The quantitative estimate of drug-likeness (QED) is 0.856. The van der Waals surface area contributed by atoms with Gasteiger partial charge in [0.2, 0.25) is 5.91 Å². The molecule has 4 rings (SSSR count). The molecule has 0 aromatic heterocycles. The van der Waals surface area contributed by atoms with Crippen LogP contribution in [0.1, 0.15) is 18.4 Å². The maximum atomic E-state index is 13.4. The summed E-state index contributed by atoms with van der Waals surface area (Å²) in [7, 11) is 0. The molecule has 1 aromatic rings. The first kappa shape index (κ1) is 13.3. The minimum Gasteiger partial charge on any atom is -0.348 e. The molecule has 3 aliphatic heterocycles. The zero-order valence-corrected chi connectivity index (χ0v) is 11.4. The zero-order valence-electron chi connectivity index (χ0n) is 11.4. The summed E-state index contributed by atoms with van der Waals surface area (Å²) in [5.41, 5.74) is 0.441. The Labute approximate surface area is 118 Å². The average molecular weight is 274 g/mol. The standard InChI is InChI=1S/C16H19FN2O/c17-14-4-2-1-3-12(14)5-6-16(20)18-15-11-19-9-7-13(15)8-10-19/h1-6,13,15H,7-11H2,(H,18,20)/b6-5+. The second-order valence-electron chi connectivity index (χ2n) is 5.61. The molecule has 1 N–H and O–H groups in total. The summed E-state index contributed by atoms with van der Waals surface area (Å²) < 4.78 is 13.4. The summed E-state index contributed by atoms with van der Waals surface area (Å²) in [4.78, 5) is 14.3. The lowest BCUT2D eigenvalue weighted by atomic mass is 9.84. The molecule has 3 fully saturated rings. The lowest BCUT2D eigenvalue weighted by molar-refractivity contribution is -0.118. The second kappa shape index (κ2) is 5.75. The van der Waals surface area contributed by atoms with Crippen LogP contribution >= 0.6 is 0 Å². The number of carbonyl (C=O) groups excluding carboxylic acids is 1. The lowest BCUT2D eigenvalue weighted by Crippen LogP contribution is -2.57. The van der Waals surface area contributed by atoms with Crippen LogP contribution < -0.4 is 5.32 Å². The van der Waals surface area contributed by atoms with Crippen molar-refractivity contribution in [3.05, 3.63) is 41.7 Å². The molecular weight excluding hydrogens is 255 g/mol. The van der Waals surface area contributed by atoms with Crippen LogP contribution in [-0.2, 0) is 4.79 Å². The fourth-order valence-corrected chi connectivity index (χ4v) is 3.14. The molecule has 1 unspecified atom stereocenters. The normalized spacial score (nSPS) is 28.8. The van der Waals surface area contributed by atoms with Crippen molar-refractivity contribution in [2.45, 2.75) is 18.9 Å². The zero-order chi connectivity index (χ0) is 13.9. The topological polar surface area (TPSA) is 32.3 Å². The SMILES string of the molecule is O=C(/C=C/c1ccccc1F)NC1CN2CCC1CC2. The van der Waals surface area contributed by atoms with Gasteiger partial charge in [0, 0.05) is 24.2 Å². The van der Waals surface area contributed by atoms with Crippen molar-refractivity contribution < 1.29 is 9.18 Å². The molecule has 0 saturated carbocycles. The van der Waals surface area contributed by atoms with E-state index in [0.29, 0.717) is 11.5 Å². The Morgan fingerprint density at radius 1 is 1.30 bits per heavy atom. The lowest BCUT2D eigenvalue weighted by Gasteiger charge is -2.44. The molecule has 4 heteroatoms. The predicted octanol–water partition coefficient (Wildman–Crippen LogP) is 2.05. The first-order chi connectivity index (χ1) is 9.72. The van der Waals surface area contributed by atoms with Gasteiger partial charge in [-0.15, -0.1) is 0 Å². The van der Waals surface area contributed by atoms with Gasteiger partial charge in [-0.25, -0.2) is 4.39 Å². The Morgan fingerprint density at radius 3 is 2.70 bits per heavy atom. The van der Waals surface area contributed by atoms with Gasteiger partial charge in [0.15, 0.2) is 0 Å². The number of rotatable bonds is 3. The largest absolute Gasteiger partial charge is 0.348 e. The van der Waals surface area contributed by atoms with Crippen LogP contribution in [0.25, 0.3) is 6.08 Å². The Morgan fingerprint density at radius 2 is 2.05 bits per heavy atom. The molecule has 3 aliphatic rings. The van der Waals surface area contributed by atoms with Gasteiger partial charge >= 0.3 is 0 Å². The van der Waals surface area contributed by atoms with E-state index in [9.17, 15) is 9.18 Å². The van der Waals surface area contributed by atoms with Gasteiger partial charge in [0.1, 0.15) is 5.82 Å². The van der Waals surface area contributed by atoms with Crippen LogP contribution in [0.15, 0.2) is 30.3 Å². The molecule has 1 amide bonds. The van der Waals surface area contributed by atoms with Crippen LogP contribution in [0.3, 0.4) is 0 Å². The minimum atomic E-state index is -0.306. The van der Waals surface area contributed by atoms with Gasteiger partial charge in [-0.3, -0.25) is 4.79 Å². The summed E-state index contributed by atoms with van der Waals surface area (Å²) in [6.45, 7) is 3.26. The number of halogens is 1. The van der Waals surface area contributed by atoms with Gasteiger partial charge in [-0.05, 0) is 44.0 Å². The molecule has 3 saturated heterocycles. The number of benzene rings is 1. The number of hydrogen-bond acceptors (Lipinski definition) is 2. The van der Waals surface area contributed by atoms with Crippen LogP contribution in [0, 0.1) is 11.7 Å². The van der Waals surface area contributed by atoms with E-state index in [4.69, 9.17) is 0 Å². The number of nitrogens with zero attached hydrogens (tertiary/aromatic N) is 1. The third-order valence-corrected chi connectivity index (χ3v) is 4.30. The van der Waals surface area contributed by atoms with Crippen LogP contribution in [-0.4, -0.2) is 36.5 Å². The molecule has 0 spiro atoms. The van der Waals surface area contributed by atoms with E-state index >= 15 is 0 Å². The minimum absolute atomic E-state index is 0.132. The van der Waals surface area contributed by atoms with Crippen molar-refractivity contribution in [1.29, 1.82) is 0 Å². The molecule has 0 aliphatic carbocycles. The van der Waals surface area contributed by atoms with Crippen molar-refractivity contribution in [2.24, 2.45) is 5.92 Å². The average Bonchev–Trinajstić information content (AvgIpc) is 2.48. The van der Waals surface area contributed by atoms with Crippen molar-refractivity contribution in [2.75, 3.05) is 19.6 Å². The fraction of sp³-hybridized carbons (Fsp3) is 0.438. The predicted molar refractivity (Wildman–Crippen MR) is 76.5 cm³/mol. The van der Waals surface area contributed by atoms with E-state index in [2.05, 4.69) is 10.2 Å². The Kier molecular flexibility index (Phi) is 3.83. The molecule has 2 bridgehead atoms. The van der Waals surface area contributed by atoms with Crippen LogP contribution in [0.5, 0.6) is 0 Å². The smallest absolute Gasteiger partial charge is 0.244 e. The number of fused-ring (bicyclic) bond motifs is 3. The first-order valence-electron chi connectivity index (χ1n) is 7.18. The van der Waals surface area contributed by atoms with E-state index < -0.39 is 0 Å². The molecule has 1 atom stereocenters. The molecule has 20 heavy (non-hydrogen) atoms. The first-order valence-corrected chi connectivity index (χ1v) is 7.18. The Bertz CT molecular complexity index is 521. The molecule has 1 aromatic carbocycles. The van der Waals surface area contributed by atoms with E-state index in [-0.39, 0.29) is 17.8 Å². The maximum Gasteiger partial charge on any atom is 0.244 e. The molecule has 0 radical (unpaired) electrons. The number of amides is 1. The summed E-state index contributed by atoms with van der Waals surface area (Å²) in [5, 5.41) is 3.05. The highest BCUT2D eigenvalue weighted by molar-refractivity contribution is 5.92. The third kappa shape index (κ3) is 2.90. The molecule has 106 valence electrons. The number of hydrogen-bond donors (Lipinski definition) is 1. The van der Waals surface area contributed by atoms with Gasteiger partial charge in [-0.2, -0.15) is 0 Å². The fourth-order valence-electron chi connectivity index (χ4n) is 3.14. The number of carbonyl (C=O) groups is 1. The van der Waals surface area contributed by atoms with E-state index in [1.807, 2.05) is 0 Å². The van der Waals surface area contributed by atoms with Crippen molar-refractivity contribution in [3.8, 4) is 0 Å². The number of piperidine rings is 3. The van der Waals surface area contributed by atoms with Crippen molar-refractivity contribution in [1.82, 2.24) is 10.2 Å². The number of nitrogens with one attached hydrogen (secondary N) is 1. The Hall–Kier alpha value is -1.68. The van der Waals surface area contributed by atoms with Gasteiger partial charge < -0.3 is 10.2 Å². The second-order valence-corrected chi connectivity index (χ2v) is 5.61. The summed E-state index contributed by atoms with van der Waals surface area (Å²) in [6.07, 6.45) is 5.30. The van der Waals surface area contributed by atoms with Crippen molar-refractivity contribution >= 4 is 12.0 Å². The van der Waals surface area contributed by atoms with E-state index in [0.717, 1.165) is 19.6 Å². The summed E-state index contributed by atoms with van der Waals surface area (Å²) in [5.74, 6) is 0.164. The highest BCUT2D eigenvalue weighted by atomic mass is 19.1. The van der Waals surface area contributed by atoms with E-state index in [1.165, 1.54) is 31.1 Å².